The molecule has 3 saturated heterocycles. The van der Waals surface area contributed by atoms with Crippen LogP contribution >= 0.6 is 0 Å². The van der Waals surface area contributed by atoms with Gasteiger partial charge in [0.15, 0.2) is 5.82 Å². The number of H-pyrrole nitrogens is 1. The second-order valence-corrected chi connectivity index (χ2v) is 12.0. The number of nitrogens with two attached hydrogens (primary N) is 1. The number of aromatic nitrogens is 3. The first kappa shape index (κ1) is 27.5. The van der Waals surface area contributed by atoms with Gasteiger partial charge in [0.1, 0.15) is 17.9 Å². The normalized spacial score (nSPS) is 22.5. The molecule has 7 rings (SSSR count). The smallest absolute Gasteiger partial charge is 0.319 e. The molecule has 3 aliphatic rings. The molecule has 2 bridgehead atoms. The summed E-state index contributed by atoms with van der Waals surface area (Å²) in [5, 5.41) is 5.20. The van der Waals surface area contributed by atoms with Crippen molar-refractivity contribution >= 4 is 27.6 Å². The SMILES string of the molecule is NCCCN1CCC[C@H]1COc1nc(N2C[C@H]3CC[C@@H](C2)N3)c2ccc(-c3c[nH]c4cccc(CCF)c34)c(F)c2n1. The summed E-state index contributed by atoms with van der Waals surface area (Å²) in [6.07, 6.45) is 7.47. The molecule has 2 aromatic heterocycles. The van der Waals surface area contributed by atoms with E-state index in [1.165, 1.54) is 0 Å². The fraction of sp³-hybridized carbons (Fsp3) is 0.500. The van der Waals surface area contributed by atoms with Crippen LogP contribution in [0.2, 0.25) is 0 Å². The maximum absolute atomic E-state index is 16.6. The molecule has 42 heavy (non-hydrogen) atoms. The Hall–Kier alpha value is -3.34. The minimum Gasteiger partial charge on any atom is -0.462 e. The average Bonchev–Trinajstić information content (AvgIpc) is 3.73. The van der Waals surface area contributed by atoms with Gasteiger partial charge in [-0.1, -0.05) is 18.2 Å². The maximum Gasteiger partial charge on any atom is 0.319 e. The third-order valence-electron chi connectivity index (χ3n) is 9.28. The second-order valence-electron chi connectivity index (χ2n) is 12.0. The second kappa shape index (κ2) is 11.7. The highest BCUT2D eigenvalue weighted by Crippen LogP contribution is 2.38. The number of aromatic amines is 1. The Balaban J connectivity index is 1.29. The predicted molar refractivity (Wildman–Crippen MR) is 162 cm³/mol. The molecule has 0 spiro atoms. The standard InChI is InChI=1S/C32H39F2N7O/c33-12-11-20-4-1-6-27-28(20)26(16-36-27)24-9-10-25-30(29(24)34)38-32(42-19-23-5-2-14-40(23)15-3-13-35)39-31(25)41-17-21-7-8-22(18-41)37-21/h1,4,6,9-10,16,21-23,36-37H,2-3,5,7-8,11-15,17-19,35H2/t21-,22+,23-/m0/s1. The van der Waals surface area contributed by atoms with Crippen molar-refractivity contribution in [2.75, 3.05) is 50.9 Å². The van der Waals surface area contributed by atoms with Crippen LogP contribution < -0.4 is 20.7 Å². The topological polar surface area (TPSA) is 95.3 Å². The Bertz CT molecular complexity index is 1560. The van der Waals surface area contributed by atoms with Crippen LogP contribution in [0, 0.1) is 5.82 Å². The molecule has 8 nitrogen and oxygen atoms in total. The molecule has 4 N–H and O–H groups in total. The molecule has 10 heteroatoms. The van der Waals surface area contributed by atoms with Crippen molar-refractivity contribution in [2.24, 2.45) is 5.73 Å². The number of aryl methyl sites for hydroxylation is 1. The van der Waals surface area contributed by atoms with E-state index in [9.17, 15) is 4.39 Å². The first-order valence-corrected chi connectivity index (χ1v) is 15.4. The molecule has 5 heterocycles. The number of ether oxygens (including phenoxy) is 1. The van der Waals surface area contributed by atoms with Crippen LogP contribution in [0.5, 0.6) is 6.01 Å². The number of piperazine rings is 1. The molecule has 3 aliphatic heterocycles. The van der Waals surface area contributed by atoms with E-state index in [1.807, 2.05) is 30.3 Å². The zero-order valence-electron chi connectivity index (χ0n) is 23.9. The van der Waals surface area contributed by atoms with Crippen molar-refractivity contribution in [3.8, 4) is 17.1 Å². The van der Waals surface area contributed by atoms with Gasteiger partial charge in [-0.15, -0.1) is 0 Å². The number of benzene rings is 2. The number of nitrogens with zero attached hydrogens (tertiary/aromatic N) is 4. The quantitative estimate of drug-likeness (QED) is 0.255. The fourth-order valence-electron chi connectivity index (χ4n) is 7.24. The van der Waals surface area contributed by atoms with Gasteiger partial charge in [-0.2, -0.15) is 9.97 Å². The highest BCUT2D eigenvalue weighted by Gasteiger charge is 2.34. The van der Waals surface area contributed by atoms with Crippen molar-refractivity contribution in [3.63, 3.8) is 0 Å². The molecular formula is C32H39F2N7O. The van der Waals surface area contributed by atoms with Gasteiger partial charge < -0.3 is 25.7 Å². The zero-order valence-corrected chi connectivity index (χ0v) is 23.9. The average molecular weight is 576 g/mol. The largest absolute Gasteiger partial charge is 0.462 e. The number of hydrogen-bond acceptors (Lipinski definition) is 7. The molecule has 3 atom stereocenters. The van der Waals surface area contributed by atoms with Gasteiger partial charge in [0, 0.05) is 71.2 Å². The van der Waals surface area contributed by atoms with Gasteiger partial charge in [-0.3, -0.25) is 9.29 Å². The van der Waals surface area contributed by atoms with E-state index in [0.29, 0.717) is 41.7 Å². The van der Waals surface area contributed by atoms with E-state index in [0.717, 1.165) is 80.6 Å². The molecule has 2 aromatic carbocycles. The number of rotatable bonds is 10. The van der Waals surface area contributed by atoms with Crippen LogP contribution in [0.25, 0.3) is 32.9 Å². The predicted octanol–water partition coefficient (Wildman–Crippen LogP) is 4.56. The number of halogens is 2. The Labute approximate surface area is 244 Å². The lowest BCUT2D eigenvalue weighted by molar-refractivity contribution is 0.164. The van der Waals surface area contributed by atoms with Crippen molar-refractivity contribution in [1.82, 2.24) is 25.2 Å². The van der Waals surface area contributed by atoms with E-state index in [2.05, 4.69) is 25.1 Å². The van der Waals surface area contributed by atoms with Crippen molar-refractivity contribution in [1.29, 1.82) is 0 Å². The van der Waals surface area contributed by atoms with Crippen LogP contribution in [0.1, 0.15) is 37.7 Å². The minimum atomic E-state index is -0.474. The fourth-order valence-corrected chi connectivity index (χ4v) is 7.24. The Morgan fingerprint density at radius 3 is 2.71 bits per heavy atom. The number of fused-ring (bicyclic) bond motifs is 4. The number of anilines is 1. The van der Waals surface area contributed by atoms with Crippen molar-refractivity contribution in [2.45, 2.75) is 56.7 Å². The molecule has 4 aromatic rings. The first-order chi connectivity index (χ1) is 20.6. The monoisotopic (exact) mass is 575 g/mol. The highest BCUT2D eigenvalue weighted by molar-refractivity contribution is 6.01. The van der Waals surface area contributed by atoms with E-state index < -0.39 is 12.5 Å². The minimum absolute atomic E-state index is 0.210. The summed E-state index contributed by atoms with van der Waals surface area (Å²) in [6, 6.07) is 10.8. The van der Waals surface area contributed by atoms with Crippen molar-refractivity contribution in [3.05, 3.63) is 47.9 Å². The summed E-state index contributed by atoms with van der Waals surface area (Å²) in [6.45, 7) is 4.27. The summed E-state index contributed by atoms with van der Waals surface area (Å²) in [4.78, 5) is 17.5. The molecule has 0 saturated carbocycles. The van der Waals surface area contributed by atoms with E-state index in [1.54, 1.807) is 6.20 Å². The molecule has 0 unspecified atom stereocenters. The molecule has 3 fully saturated rings. The lowest BCUT2D eigenvalue weighted by Crippen LogP contribution is -2.51. The van der Waals surface area contributed by atoms with Gasteiger partial charge in [0.2, 0.25) is 0 Å². The number of alkyl halides is 1. The van der Waals surface area contributed by atoms with E-state index in [4.69, 9.17) is 15.5 Å². The molecule has 0 radical (unpaired) electrons. The number of hydrogen-bond donors (Lipinski definition) is 3. The van der Waals surface area contributed by atoms with Crippen LogP contribution in [-0.4, -0.2) is 84.0 Å². The number of nitrogens with one attached hydrogen (secondary N) is 2. The molecule has 222 valence electrons. The van der Waals surface area contributed by atoms with Crippen LogP contribution in [0.3, 0.4) is 0 Å². The summed E-state index contributed by atoms with van der Waals surface area (Å²) in [5.41, 5.74) is 8.85. The Morgan fingerprint density at radius 1 is 1.05 bits per heavy atom. The Morgan fingerprint density at radius 2 is 1.90 bits per heavy atom. The number of likely N-dealkylation sites (tertiary alicyclic amines) is 1. The summed E-state index contributed by atoms with van der Waals surface area (Å²) in [7, 11) is 0. The molecule has 0 amide bonds. The summed E-state index contributed by atoms with van der Waals surface area (Å²) in [5.74, 6) is 0.308. The highest BCUT2D eigenvalue weighted by atomic mass is 19.1. The zero-order chi connectivity index (χ0) is 28.6. The first-order valence-electron chi connectivity index (χ1n) is 15.4. The Kier molecular flexibility index (Phi) is 7.68. The summed E-state index contributed by atoms with van der Waals surface area (Å²) >= 11 is 0. The van der Waals surface area contributed by atoms with Crippen LogP contribution in [0.4, 0.5) is 14.6 Å². The third kappa shape index (κ3) is 5.09. The maximum atomic E-state index is 16.6. The summed E-state index contributed by atoms with van der Waals surface area (Å²) < 4.78 is 36.3. The van der Waals surface area contributed by atoms with Crippen LogP contribution in [-0.2, 0) is 6.42 Å². The van der Waals surface area contributed by atoms with Gasteiger partial charge in [-0.25, -0.2) is 4.39 Å². The van der Waals surface area contributed by atoms with E-state index in [-0.39, 0.29) is 24.0 Å². The van der Waals surface area contributed by atoms with Crippen molar-refractivity contribution < 1.29 is 13.5 Å². The van der Waals surface area contributed by atoms with Crippen LogP contribution in [0.15, 0.2) is 36.5 Å². The molecule has 0 aliphatic carbocycles. The lowest BCUT2D eigenvalue weighted by Gasteiger charge is -2.34. The van der Waals surface area contributed by atoms with Gasteiger partial charge in [0.05, 0.1) is 6.67 Å². The third-order valence-corrected chi connectivity index (χ3v) is 9.28. The van der Waals surface area contributed by atoms with Gasteiger partial charge in [0.25, 0.3) is 0 Å². The van der Waals surface area contributed by atoms with Gasteiger partial charge in [-0.05, 0) is 69.4 Å². The van der Waals surface area contributed by atoms with E-state index >= 15 is 4.39 Å². The molecular weight excluding hydrogens is 536 g/mol. The van der Waals surface area contributed by atoms with Gasteiger partial charge >= 0.3 is 6.01 Å². The lowest BCUT2D eigenvalue weighted by atomic mass is 9.98.